The molecule has 0 saturated carbocycles. The summed E-state index contributed by atoms with van der Waals surface area (Å²) in [6.45, 7) is 7.19. The lowest BCUT2D eigenvalue weighted by atomic mass is 9.91. The number of hydrogen-bond acceptors (Lipinski definition) is 4. The molecule has 1 aromatic rings. The molecule has 2 aliphatic heterocycles. The molecular weight excluding hydrogens is 367 g/mol. The number of thioether (sulfide) groups is 1. The maximum Gasteiger partial charge on any atom is 0.246 e. The molecule has 27 heavy (non-hydrogen) atoms. The van der Waals surface area contributed by atoms with Gasteiger partial charge in [-0.15, -0.1) is 11.8 Å². The fourth-order valence-electron chi connectivity index (χ4n) is 3.43. The standard InChI is InChI=1S/C20H27FN2O3S/c1-20(2,3)10-18(24)23-13-27-12-16(23)19(25)22-8-9-26-17(11-22)14-6-4-5-7-15(14)21/h4-7,16-17H,8-13H2,1-3H3. The van der Waals surface area contributed by atoms with Crippen LogP contribution in [0.2, 0.25) is 0 Å². The minimum atomic E-state index is -0.475. The number of halogens is 1. The highest BCUT2D eigenvalue weighted by Crippen LogP contribution is 2.29. The third kappa shape index (κ3) is 4.82. The molecule has 2 heterocycles. The summed E-state index contributed by atoms with van der Waals surface area (Å²) in [6, 6.07) is 6.06. The van der Waals surface area contributed by atoms with Crippen molar-refractivity contribution in [3.8, 4) is 0 Å². The van der Waals surface area contributed by atoms with E-state index < -0.39 is 12.1 Å². The third-order valence-corrected chi connectivity index (χ3v) is 5.81. The topological polar surface area (TPSA) is 49.9 Å². The number of morpholine rings is 1. The molecule has 1 aromatic carbocycles. The molecule has 0 N–H and O–H groups in total. The second kappa shape index (κ2) is 8.19. The van der Waals surface area contributed by atoms with E-state index in [1.807, 2.05) is 20.8 Å². The van der Waals surface area contributed by atoms with Gasteiger partial charge in [-0.3, -0.25) is 9.59 Å². The molecule has 3 rings (SSSR count). The predicted octanol–water partition coefficient (Wildman–Crippen LogP) is 3.06. The van der Waals surface area contributed by atoms with Crippen molar-refractivity contribution in [1.29, 1.82) is 0 Å². The number of hydrogen-bond donors (Lipinski definition) is 0. The van der Waals surface area contributed by atoms with Crippen LogP contribution in [0.3, 0.4) is 0 Å². The lowest BCUT2D eigenvalue weighted by molar-refractivity contribution is -0.149. The van der Waals surface area contributed by atoms with Crippen LogP contribution in [-0.4, -0.2) is 59.0 Å². The van der Waals surface area contributed by atoms with Crippen LogP contribution >= 0.6 is 11.8 Å². The summed E-state index contributed by atoms with van der Waals surface area (Å²) in [4.78, 5) is 29.2. The van der Waals surface area contributed by atoms with Gasteiger partial charge in [-0.1, -0.05) is 39.0 Å². The van der Waals surface area contributed by atoms with E-state index in [2.05, 4.69) is 0 Å². The summed E-state index contributed by atoms with van der Waals surface area (Å²) in [6.07, 6.45) is -0.0603. The second-order valence-corrected chi connectivity index (χ2v) is 9.28. The van der Waals surface area contributed by atoms with Crippen molar-refractivity contribution in [1.82, 2.24) is 9.80 Å². The largest absolute Gasteiger partial charge is 0.370 e. The maximum absolute atomic E-state index is 14.1. The van der Waals surface area contributed by atoms with Crippen LogP contribution in [0.5, 0.6) is 0 Å². The molecule has 2 saturated heterocycles. The summed E-state index contributed by atoms with van der Waals surface area (Å²) < 4.78 is 19.8. The smallest absolute Gasteiger partial charge is 0.246 e. The van der Waals surface area contributed by atoms with Gasteiger partial charge in [-0.2, -0.15) is 0 Å². The number of ether oxygens (including phenoxy) is 1. The zero-order valence-corrected chi connectivity index (χ0v) is 16.9. The van der Waals surface area contributed by atoms with Crippen molar-refractivity contribution in [3.63, 3.8) is 0 Å². The lowest BCUT2D eigenvalue weighted by Gasteiger charge is -2.36. The van der Waals surface area contributed by atoms with Crippen molar-refractivity contribution in [3.05, 3.63) is 35.6 Å². The highest BCUT2D eigenvalue weighted by atomic mass is 32.2. The average Bonchev–Trinajstić information content (AvgIpc) is 3.10. The molecule has 0 spiro atoms. The van der Waals surface area contributed by atoms with Crippen LogP contribution in [0.4, 0.5) is 4.39 Å². The zero-order chi connectivity index (χ0) is 19.6. The summed E-state index contributed by atoms with van der Waals surface area (Å²) in [7, 11) is 0. The summed E-state index contributed by atoms with van der Waals surface area (Å²) >= 11 is 1.60. The van der Waals surface area contributed by atoms with Gasteiger partial charge < -0.3 is 14.5 Å². The Balaban J connectivity index is 1.69. The molecule has 0 bridgehead atoms. The Morgan fingerprint density at radius 1 is 1.30 bits per heavy atom. The monoisotopic (exact) mass is 394 g/mol. The molecule has 5 nitrogen and oxygen atoms in total. The molecule has 2 aliphatic rings. The van der Waals surface area contributed by atoms with E-state index in [1.165, 1.54) is 6.07 Å². The van der Waals surface area contributed by atoms with E-state index in [9.17, 15) is 14.0 Å². The van der Waals surface area contributed by atoms with Crippen LogP contribution in [0.15, 0.2) is 24.3 Å². The van der Waals surface area contributed by atoms with Crippen LogP contribution < -0.4 is 0 Å². The summed E-state index contributed by atoms with van der Waals surface area (Å²) in [5, 5.41) is 0. The first kappa shape index (κ1) is 20.1. The molecule has 2 amide bonds. The first-order valence-corrected chi connectivity index (χ1v) is 10.4. The molecule has 2 atom stereocenters. The first-order chi connectivity index (χ1) is 12.8. The second-order valence-electron chi connectivity index (χ2n) is 8.28. The van der Waals surface area contributed by atoms with E-state index in [1.54, 1.807) is 39.8 Å². The van der Waals surface area contributed by atoms with Crippen molar-refractivity contribution >= 4 is 23.6 Å². The SMILES string of the molecule is CC(C)(C)CC(=O)N1CSCC1C(=O)N1CCOC(c2ccccc2F)C1. The highest BCUT2D eigenvalue weighted by Gasteiger charge is 2.39. The van der Waals surface area contributed by atoms with Crippen LogP contribution in [-0.2, 0) is 14.3 Å². The minimum Gasteiger partial charge on any atom is -0.370 e. The fourth-order valence-corrected chi connectivity index (χ4v) is 4.60. The van der Waals surface area contributed by atoms with E-state index in [4.69, 9.17) is 4.74 Å². The van der Waals surface area contributed by atoms with Gasteiger partial charge in [0.25, 0.3) is 0 Å². The van der Waals surface area contributed by atoms with Gasteiger partial charge in [0.1, 0.15) is 18.0 Å². The van der Waals surface area contributed by atoms with Crippen molar-refractivity contribution < 1.29 is 18.7 Å². The Morgan fingerprint density at radius 2 is 2.04 bits per heavy atom. The molecule has 0 radical (unpaired) electrons. The van der Waals surface area contributed by atoms with Crippen molar-refractivity contribution in [2.75, 3.05) is 31.3 Å². The Labute approximate surface area is 164 Å². The number of carbonyl (C=O) groups excluding carboxylic acids is 2. The van der Waals surface area contributed by atoms with E-state index in [0.29, 0.717) is 43.3 Å². The zero-order valence-electron chi connectivity index (χ0n) is 16.1. The van der Waals surface area contributed by atoms with Gasteiger partial charge in [-0.05, 0) is 11.5 Å². The molecule has 2 unspecified atom stereocenters. The predicted molar refractivity (Wildman–Crippen MR) is 104 cm³/mol. The highest BCUT2D eigenvalue weighted by molar-refractivity contribution is 7.99. The number of benzene rings is 1. The van der Waals surface area contributed by atoms with Crippen LogP contribution in [0.25, 0.3) is 0 Å². The average molecular weight is 395 g/mol. The summed E-state index contributed by atoms with van der Waals surface area (Å²) in [5.74, 6) is 0.787. The molecule has 7 heteroatoms. The molecule has 0 aromatic heterocycles. The van der Waals surface area contributed by atoms with Gasteiger partial charge in [0, 0.05) is 24.3 Å². The Hall–Kier alpha value is -1.60. The normalized spacial score (nSPS) is 23.6. The van der Waals surface area contributed by atoms with Crippen molar-refractivity contribution in [2.24, 2.45) is 5.41 Å². The van der Waals surface area contributed by atoms with Crippen molar-refractivity contribution in [2.45, 2.75) is 39.3 Å². The Morgan fingerprint density at radius 3 is 2.74 bits per heavy atom. The van der Waals surface area contributed by atoms with Gasteiger partial charge in [0.2, 0.25) is 11.8 Å². The number of carbonyl (C=O) groups is 2. The van der Waals surface area contributed by atoms with Gasteiger partial charge >= 0.3 is 0 Å². The van der Waals surface area contributed by atoms with Crippen LogP contribution in [0.1, 0.15) is 38.9 Å². The maximum atomic E-state index is 14.1. The Bertz CT molecular complexity index is 707. The molecule has 2 fully saturated rings. The lowest BCUT2D eigenvalue weighted by Crippen LogP contribution is -2.52. The van der Waals surface area contributed by atoms with E-state index in [-0.39, 0.29) is 23.0 Å². The van der Waals surface area contributed by atoms with E-state index in [0.717, 1.165) is 0 Å². The number of rotatable bonds is 3. The minimum absolute atomic E-state index is 0.0183. The number of amides is 2. The molecule has 148 valence electrons. The van der Waals surface area contributed by atoms with Gasteiger partial charge in [0.15, 0.2) is 0 Å². The molecule has 0 aliphatic carbocycles. The first-order valence-electron chi connectivity index (χ1n) is 9.28. The Kier molecular flexibility index (Phi) is 6.11. The van der Waals surface area contributed by atoms with E-state index >= 15 is 0 Å². The van der Waals surface area contributed by atoms with Gasteiger partial charge in [-0.25, -0.2) is 4.39 Å². The number of nitrogens with zero attached hydrogens (tertiary/aromatic N) is 2. The third-order valence-electron chi connectivity index (χ3n) is 4.80. The quantitative estimate of drug-likeness (QED) is 0.791. The van der Waals surface area contributed by atoms with Crippen LogP contribution in [0, 0.1) is 11.2 Å². The summed E-state index contributed by atoms with van der Waals surface area (Å²) in [5.41, 5.74) is 0.351. The fraction of sp³-hybridized carbons (Fsp3) is 0.600. The molecular formula is C20H27FN2O3S. The van der Waals surface area contributed by atoms with Gasteiger partial charge in [0.05, 0.1) is 19.0 Å².